The van der Waals surface area contributed by atoms with Gasteiger partial charge in [-0.3, -0.25) is 9.59 Å². The standard InChI is InChI=1S/C26H31N3O5/c1-3-15(2)23(25(32)29-13-16(30)12-22(29)24(27)31)28-26(33)34-14-21-19-10-6-4-8-17(19)18-9-5-7-11-20(18)21/h4-11,15-16,21-23,30H,3,12-14H2,1-2H3,(H2,27,31)(H,28,33)/t15-,16+,22-,23-/m0/s1. The molecule has 8 nitrogen and oxygen atoms in total. The van der Waals surface area contributed by atoms with Gasteiger partial charge in [-0.1, -0.05) is 68.8 Å². The second kappa shape index (κ2) is 9.85. The van der Waals surface area contributed by atoms with Crippen molar-refractivity contribution in [3.05, 3.63) is 59.7 Å². The Kier molecular flexibility index (Phi) is 6.88. The van der Waals surface area contributed by atoms with Crippen molar-refractivity contribution < 1.29 is 24.2 Å². The molecule has 180 valence electrons. The van der Waals surface area contributed by atoms with Crippen LogP contribution in [0, 0.1) is 5.92 Å². The van der Waals surface area contributed by atoms with Crippen LogP contribution >= 0.6 is 0 Å². The molecule has 8 heteroatoms. The molecular formula is C26H31N3O5. The highest BCUT2D eigenvalue weighted by Crippen LogP contribution is 2.44. The number of hydrogen-bond acceptors (Lipinski definition) is 5. The number of aliphatic hydroxyl groups is 1. The molecule has 4 N–H and O–H groups in total. The number of nitrogens with one attached hydrogen (secondary N) is 1. The van der Waals surface area contributed by atoms with E-state index in [4.69, 9.17) is 10.5 Å². The molecule has 1 heterocycles. The summed E-state index contributed by atoms with van der Waals surface area (Å²) < 4.78 is 5.61. The zero-order valence-corrected chi connectivity index (χ0v) is 19.4. The second-order valence-corrected chi connectivity index (χ2v) is 9.13. The lowest BCUT2D eigenvalue weighted by Gasteiger charge is -2.30. The Bertz CT molecular complexity index is 1040. The largest absolute Gasteiger partial charge is 0.449 e. The Balaban J connectivity index is 1.46. The predicted octanol–water partition coefficient (Wildman–Crippen LogP) is 2.39. The van der Waals surface area contributed by atoms with Crippen molar-refractivity contribution in [2.24, 2.45) is 11.7 Å². The maximum atomic E-state index is 13.3. The summed E-state index contributed by atoms with van der Waals surface area (Å²) in [5.41, 5.74) is 9.89. The highest BCUT2D eigenvalue weighted by Gasteiger charge is 2.42. The number of amides is 3. The Labute approximate surface area is 199 Å². The molecule has 1 aliphatic heterocycles. The maximum Gasteiger partial charge on any atom is 0.407 e. The molecule has 0 aromatic heterocycles. The molecule has 2 aliphatic rings. The fraction of sp³-hybridized carbons (Fsp3) is 0.423. The van der Waals surface area contributed by atoms with E-state index in [0.29, 0.717) is 6.42 Å². The van der Waals surface area contributed by atoms with E-state index in [2.05, 4.69) is 17.4 Å². The molecule has 1 fully saturated rings. The number of hydrogen-bond donors (Lipinski definition) is 3. The van der Waals surface area contributed by atoms with Crippen LogP contribution in [0.1, 0.15) is 43.7 Å². The average Bonchev–Trinajstić information content (AvgIpc) is 3.38. The van der Waals surface area contributed by atoms with Crippen LogP contribution in [0.25, 0.3) is 11.1 Å². The van der Waals surface area contributed by atoms with Gasteiger partial charge < -0.3 is 25.8 Å². The highest BCUT2D eigenvalue weighted by molar-refractivity contribution is 5.91. The number of β-amino-alcohol motifs (C(OH)–C–C–N with tert-alkyl or cyclic N) is 1. The van der Waals surface area contributed by atoms with Crippen molar-refractivity contribution in [2.75, 3.05) is 13.2 Å². The normalized spacial score (nSPS) is 20.9. The number of aliphatic hydroxyl groups excluding tert-OH is 1. The molecule has 3 amide bonds. The Morgan fingerprint density at radius 2 is 1.71 bits per heavy atom. The Hall–Kier alpha value is -3.39. The molecule has 2 aromatic rings. The lowest BCUT2D eigenvalue weighted by atomic mass is 9.97. The van der Waals surface area contributed by atoms with Gasteiger partial charge in [-0.15, -0.1) is 0 Å². The number of nitrogens with two attached hydrogens (primary N) is 1. The SMILES string of the molecule is CC[C@H](C)[C@H](NC(=O)OCC1c2ccccc2-c2ccccc21)C(=O)N1C[C@H](O)C[C@H]1C(N)=O. The Morgan fingerprint density at radius 3 is 2.26 bits per heavy atom. The molecule has 0 saturated carbocycles. The first-order chi connectivity index (χ1) is 16.3. The zero-order valence-electron chi connectivity index (χ0n) is 19.4. The molecule has 0 unspecified atom stereocenters. The fourth-order valence-corrected chi connectivity index (χ4v) is 4.96. The number of ether oxygens (including phenoxy) is 1. The molecule has 1 aliphatic carbocycles. The summed E-state index contributed by atoms with van der Waals surface area (Å²) in [4.78, 5) is 39.1. The molecule has 1 saturated heterocycles. The topological polar surface area (TPSA) is 122 Å². The monoisotopic (exact) mass is 465 g/mol. The highest BCUT2D eigenvalue weighted by atomic mass is 16.5. The zero-order chi connectivity index (χ0) is 24.4. The quantitative estimate of drug-likeness (QED) is 0.580. The number of benzene rings is 2. The van der Waals surface area contributed by atoms with Gasteiger partial charge in [0.1, 0.15) is 18.7 Å². The van der Waals surface area contributed by atoms with E-state index in [1.807, 2.05) is 50.2 Å². The lowest BCUT2D eigenvalue weighted by molar-refractivity contribution is -0.140. The van der Waals surface area contributed by atoms with E-state index in [-0.39, 0.29) is 31.4 Å². The lowest BCUT2D eigenvalue weighted by Crippen LogP contribution is -2.55. The Morgan fingerprint density at radius 1 is 1.12 bits per heavy atom. The first kappa shape index (κ1) is 23.8. The molecule has 0 spiro atoms. The summed E-state index contributed by atoms with van der Waals surface area (Å²) in [5, 5.41) is 12.7. The summed E-state index contributed by atoms with van der Waals surface area (Å²) in [6.07, 6.45) is -0.805. The molecular weight excluding hydrogens is 434 g/mol. The van der Waals surface area contributed by atoms with Gasteiger partial charge in [0.15, 0.2) is 0 Å². The van der Waals surface area contributed by atoms with E-state index in [0.717, 1.165) is 22.3 Å². The maximum absolute atomic E-state index is 13.3. The number of fused-ring (bicyclic) bond motifs is 3. The molecule has 34 heavy (non-hydrogen) atoms. The van der Waals surface area contributed by atoms with Crippen LogP contribution < -0.4 is 11.1 Å². The van der Waals surface area contributed by atoms with Crippen molar-refractivity contribution in [3.63, 3.8) is 0 Å². The van der Waals surface area contributed by atoms with E-state index < -0.39 is 36.1 Å². The van der Waals surface area contributed by atoms with Gasteiger partial charge in [-0.25, -0.2) is 4.79 Å². The third kappa shape index (κ3) is 4.50. The average molecular weight is 466 g/mol. The molecule has 4 atom stereocenters. The van der Waals surface area contributed by atoms with Gasteiger partial charge in [-0.2, -0.15) is 0 Å². The number of alkyl carbamates (subject to hydrolysis) is 1. The number of nitrogens with zero attached hydrogens (tertiary/aromatic N) is 1. The fourth-order valence-electron chi connectivity index (χ4n) is 4.96. The second-order valence-electron chi connectivity index (χ2n) is 9.13. The van der Waals surface area contributed by atoms with Crippen LogP contribution in [0.3, 0.4) is 0 Å². The van der Waals surface area contributed by atoms with Crippen molar-refractivity contribution in [1.82, 2.24) is 10.2 Å². The first-order valence-corrected chi connectivity index (χ1v) is 11.7. The molecule has 2 aromatic carbocycles. The summed E-state index contributed by atoms with van der Waals surface area (Å²) in [5.74, 6) is -1.42. The molecule has 0 radical (unpaired) electrons. The first-order valence-electron chi connectivity index (χ1n) is 11.7. The summed E-state index contributed by atoms with van der Waals surface area (Å²) in [7, 11) is 0. The van der Waals surface area contributed by atoms with E-state index in [1.165, 1.54) is 4.90 Å². The van der Waals surface area contributed by atoms with Crippen molar-refractivity contribution in [1.29, 1.82) is 0 Å². The summed E-state index contributed by atoms with van der Waals surface area (Å²) in [6, 6.07) is 14.3. The molecule has 4 rings (SSSR count). The minimum Gasteiger partial charge on any atom is -0.449 e. The van der Waals surface area contributed by atoms with Crippen LogP contribution in [-0.4, -0.2) is 59.3 Å². The predicted molar refractivity (Wildman–Crippen MR) is 127 cm³/mol. The van der Waals surface area contributed by atoms with Crippen molar-refractivity contribution in [3.8, 4) is 11.1 Å². The molecule has 0 bridgehead atoms. The van der Waals surface area contributed by atoms with Gasteiger partial charge in [0.2, 0.25) is 11.8 Å². The smallest absolute Gasteiger partial charge is 0.407 e. The van der Waals surface area contributed by atoms with Gasteiger partial charge in [0.25, 0.3) is 0 Å². The van der Waals surface area contributed by atoms with E-state index in [1.54, 1.807) is 0 Å². The number of primary amides is 1. The number of likely N-dealkylation sites (tertiary alicyclic amines) is 1. The van der Waals surface area contributed by atoms with E-state index >= 15 is 0 Å². The van der Waals surface area contributed by atoms with E-state index in [9.17, 15) is 19.5 Å². The van der Waals surface area contributed by atoms with Crippen LogP contribution in [0.5, 0.6) is 0 Å². The van der Waals surface area contributed by atoms with Crippen LogP contribution in [0.4, 0.5) is 4.79 Å². The minimum atomic E-state index is -0.896. The van der Waals surface area contributed by atoms with Crippen LogP contribution in [-0.2, 0) is 14.3 Å². The van der Waals surface area contributed by atoms with Gasteiger partial charge >= 0.3 is 6.09 Å². The van der Waals surface area contributed by atoms with Gasteiger partial charge in [-0.05, 0) is 28.2 Å². The number of carbonyl (C=O) groups excluding carboxylic acids is 3. The van der Waals surface area contributed by atoms with Crippen LogP contribution in [0.2, 0.25) is 0 Å². The summed E-state index contributed by atoms with van der Waals surface area (Å²) in [6.45, 7) is 3.90. The van der Waals surface area contributed by atoms with Gasteiger partial charge in [0, 0.05) is 18.9 Å². The third-order valence-corrected chi connectivity index (χ3v) is 6.99. The number of rotatable bonds is 7. The third-order valence-electron chi connectivity index (χ3n) is 6.99. The minimum absolute atomic E-state index is 0.00570. The van der Waals surface area contributed by atoms with Crippen molar-refractivity contribution >= 4 is 17.9 Å². The van der Waals surface area contributed by atoms with Crippen molar-refractivity contribution in [2.45, 2.75) is 50.8 Å². The summed E-state index contributed by atoms with van der Waals surface area (Å²) >= 11 is 0. The van der Waals surface area contributed by atoms with Gasteiger partial charge in [0.05, 0.1) is 6.10 Å². The van der Waals surface area contributed by atoms with Crippen LogP contribution in [0.15, 0.2) is 48.5 Å². The number of carbonyl (C=O) groups is 3.